The van der Waals surface area contributed by atoms with Gasteiger partial charge in [0, 0.05) is 24.0 Å². The number of ether oxygens (including phenoxy) is 1. The molecule has 1 N–H and O–H groups in total. The fraction of sp³-hybridized carbons (Fsp3) is 0.286. The van der Waals surface area contributed by atoms with E-state index in [-0.39, 0.29) is 5.02 Å². The number of nitrogens with one attached hydrogen (secondary N) is 1. The van der Waals surface area contributed by atoms with Crippen molar-refractivity contribution in [3.63, 3.8) is 0 Å². The fourth-order valence-electron chi connectivity index (χ4n) is 1.59. The molecule has 2 rings (SSSR count). The first-order valence-corrected chi connectivity index (χ1v) is 7.24. The highest BCUT2D eigenvalue weighted by Gasteiger charge is 2.02. The Morgan fingerprint density at radius 2 is 2.21 bits per heavy atom. The first-order chi connectivity index (χ1) is 9.16. The van der Waals surface area contributed by atoms with E-state index in [4.69, 9.17) is 16.3 Å². The molecule has 0 aliphatic heterocycles. The summed E-state index contributed by atoms with van der Waals surface area (Å²) in [7, 11) is 0. The van der Waals surface area contributed by atoms with Crippen molar-refractivity contribution in [1.82, 2.24) is 5.32 Å². The summed E-state index contributed by atoms with van der Waals surface area (Å²) < 4.78 is 18.6. The van der Waals surface area contributed by atoms with Crippen LogP contribution in [-0.4, -0.2) is 13.2 Å². The van der Waals surface area contributed by atoms with Crippen LogP contribution < -0.4 is 10.1 Å². The van der Waals surface area contributed by atoms with E-state index in [0.717, 1.165) is 6.54 Å². The average Bonchev–Trinajstić information content (AvgIpc) is 2.79. The van der Waals surface area contributed by atoms with Crippen LogP contribution in [0, 0.1) is 12.7 Å². The molecular formula is C14H15ClFNOS. The molecule has 102 valence electrons. The van der Waals surface area contributed by atoms with Crippen LogP contribution >= 0.6 is 22.9 Å². The highest BCUT2D eigenvalue weighted by Crippen LogP contribution is 2.20. The fourth-order valence-corrected chi connectivity index (χ4v) is 2.59. The summed E-state index contributed by atoms with van der Waals surface area (Å²) in [6.45, 7) is 4.13. The smallest absolute Gasteiger partial charge is 0.145 e. The lowest BCUT2D eigenvalue weighted by Crippen LogP contribution is -2.20. The molecule has 2 nitrogen and oxygen atoms in total. The van der Waals surface area contributed by atoms with Gasteiger partial charge in [-0.05, 0) is 36.1 Å². The van der Waals surface area contributed by atoms with Crippen molar-refractivity contribution in [2.45, 2.75) is 13.5 Å². The van der Waals surface area contributed by atoms with Crippen LogP contribution in [0.1, 0.15) is 10.4 Å². The summed E-state index contributed by atoms with van der Waals surface area (Å²) in [6.07, 6.45) is 0. The number of rotatable bonds is 6. The van der Waals surface area contributed by atoms with Gasteiger partial charge < -0.3 is 10.1 Å². The van der Waals surface area contributed by atoms with Gasteiger partial charge in [0.1, 0.15) is 18.2 Å². The Morgan fingerprint density at radius 3 is 2.89 bits per heavy atom. The van der Waals surface area contributed by atoms with Gasteiger partial charge in [-0.15, -0.1) is 11.3 Å². The molecule has 1 heterocycles. The highest BCUT2D eigenvalue weighted by atomic mass is 35.5. The van der Waals surface area contributed by atoms with Gasteiger partial charge in [-0.3, -0.25) is 0 Å². The quantitative estimate of drug-likeness (QED) is 0.814. The second kappa shape index (κ2) is 6.89. The van der Waals surface area contributed by atoms with Crippen molar-refractivity contribution in [1.29, 1.82) is 0 Å². The minimum absolute atomic E-state index is 0.110. The van der Waals surface area contributed by atoms with E-state index in [0.29, 0.717) is 18.9 Å². The Morgan fingerprint density at radius 1 is 1.37 bits per heavy atom. The topological polar surface area (TPSA) is 21.3 Å². The molecule has 1 aromatic heterocycles. The van der Waals surface area contributed by atoms with Crippen LogP contribution in [0.15, 0.2) is 29.6 Å². The van der Waals surface area contributed by atoms with E-state index < -0.39 is 5.82 Å². The summed E-state index contributed by atoms with van der Waals surface area (Å²) in [5.74, 6) is 0.0392. The van der Waals surface area contributed by atoms with Crippen LogP contribution in [-0.2, 0) is 6.54 Å². The second-order valence-electron chi connectivity index (χ2n) is 4.13. The molecule has 0 atom stereocenters. The molecule has 2 aromatic rings. The van der Waals surface area contributed by atoms with E-state index in [1.165, 1.54) is 22.6 Å². The first-order valence-electron chi connectivity index (χ1n) is 5.98. The number of halogens is 2. The molecule has 0 unspecified atom stereocenters. The Bertz CT molecular complexity index is 544. The zero-order chi connectivity index (χ0) is 13.7. The minimum Gasteiger partial charge on any atom is -0.492 e. The molecule has 0 aliphatic rings. The summed E-state index contributed by atoms with van der Waals surface area (Å²) >= 11 is 7.33. The van der Waals surface area contributed by atoms with Crippen molar-refractivity contribution in [3.8, 4) is 5.75 Å². The van der Waals surface area contributed by atoms with Crippen LogP contribution in [0.25, 0.3) is 0 Å². The van der Waals surface area contributed by atoms with Crippen molar-refractivity contribution in [2.24, 2.45) is 0 Å². The lowest BCUT2D eigenvalue weighted by atomic mass is 10.3. The van der Waals surface area contributed by atoms with Crippen LogP contribution in [0.3, 0.4) is 0 Å². The molecule has 0 spiro atoms. The van der Waals surface area contributed by atoms with Gasteiger partial charge in [-0.2, -0.15) is 0 Å². The van der Waals surface area contributed by atoms with Crippen molar-refractivity contribution in [2.75, 3.05) is 13.2 Å². The monoisotopic (exact) mass is 299 g/mol. The van der Waals surface area contributed by atoms with Gasteiger partial charge >= 0.3 is 0 Å². The molecule has 1 aromatic carbocycles. The predicted octanol–water partition coefficient (Wildman–Crippen LogP) is 4.02. The number of hydrogen-bond donors (Lipinski definition) is 1. The molecule has 5 heteroatoms. The Kier molecular flexibility index (Phi) is 5.19. The lowest BCUT2D eigenvalue weighted by molar-refractivity contribution is 0.312. The molecule has 0 radical (unpaired) electrons. The number of hydrogen-bond acceptors (Lipinski definition) is 3. The minimum atomic E-state index is -0.457. The Labute approximate surface area is 121 Å². The molecule has 0 fully saturated rings. The molecule has 0 saturated heterocycles. The van der Waals surface area contributed by atoms with E-state index >= 15 is 0 Å². The Hall–Kier alpha value is -1.10. The lowest BCUT2D eigenvalue weighted by Gasteiger charge is -2.08. The summed E-state index contributed by atoms with van der Waals surface area (Å²) in [5, 5.41) is 5.48. The maximum absolute atomic E-state index is 13.2. The second-order valence-corrected chi connectivity index (χ2v) is 5.54. The zero-order valence-electron chi connectivity index (χ0n) is 10.6. The van der Waals surface area contributed by atoms with E-state index in [9.17, 15) is 4.39 Å². The standard InChI is InChI=1S/C14H15ClFNOS/c1-10-4-7-19-14(10)9-17-5-6-18-11-2-3-12(15)13(16)8-11/h2-4,7-8,17H,5-6,9H2,1H3. The molecule has 0 amide bonds. The molecular weight excluding hydrogens is 285 g/mol. The third-order valence-corrected chi connectivity index (χ3v) is 4.02. The number of thiophene rings is 1. The molecule has 0 aliphatic carbocycles. The third kappa shape index (κ3) is 4.20. The van der Waals surface area contributed by atoms with Gasteiger partial charge in [0.2, 0.25) is 0 Å². The van der Waals surface area contributed by atoms with Gasteiger partial charge in [-0.25, -0.2) is 4.39 Å². The number of benzene rings is 1. The maximum atomic E-state index is 13.2. The molecule has 19 heavy (non-hydrogen) atoms. The maximum Gasteiger partial charge on any atom is 0.145 e. The molecule has 0 saturated carbocycles. The highest BCUT2D eigenvalue weighted by molar-refractivity contribution is 7.10. The molecule has 0 bridgehead atoms. The van der Waals surface area contributed by atoms with Gasteiger partial charge in [-0.1, -0.05) is 11.6 Å². The Balaban J connectivity index is 1.69. The normalized spacial score (nSPS) is 10.7. The van der Waals surface area contributed by atoms with Crippen molar-refractivity contribution in [3.05, 3.63) is 50.9 Å². The van der Waals surface area contributed by atoms with Crippen molar-refractivity contribution < 1.29 is 9.13 Å². The summed E-state index contributed by atoms with van der Waals surface area (Å²) in [6, 6.07) is 6.56. The third-order valence-electron chi connectivity index (χ3n) is 2.69. The van der Waals surface area contributed by atoms with Crippen LogP contribution in [0.4, 0.5) is 4.39 Å². The van der Waals surface area contributed by atoms with Crippen molar-refractivity contribution >= 4 is 22.9 Å². The van der Waals surface area contributed by atoms with Crippen LogP contribution in [0.5, 0.6) is 5.75 Å². The van der Waals surface area contributed by atoms with Crippen LogP contribution in [0.2, 0.25) is 5.02 Å². The average molecular weight is 300 g/mol. The van der Waals surface area contributed by atoms with Gasteiger partial charge in [0.15, 0.2) is 0 Å². The predicted molar refractivity (Wildman–Crippen MR) is 77.7 cm³/mol. The van der Waals surface area contributed by atoms with Gasteiger partial charge in [0.05, 0.1) is 5.02 Å². The largest absolute Gasteiger partial charge is 0.492 e. The number of aryl methyl sites for hydroxylation is 1. The SMILES string of the molecule is Cc1ccsc1CNCCOc1ccc(Cl)c(F)c1. The summed E-state index contributed by atoms with van der Waals surface area (Å²) in [4.78, 5) is 1.33. The summed E-state index contributed by atoms with van der Waals surface area (Å²) in [5.41, 5.74) is 1.30. The zero-order valence-corrected chi connectivity index (χ0v) is 12.2. The first kappa shape index (κ1) is 14.3. The van der Waals surface area contributed by atoms with E-state index in [1.807, 2.05) is 0 Å². The van der Waals surface area contributed by atoms with Gasteiger partial charge in [0.25, 0.3) is 0 Å². The van der Waals surface area contributed by atoms with E-state index in [1.54, 1.807) is 17.4 Å². The van der Waals surface area contributed by atoms with E-state index in [2.05, 4.69) is 23.7 Å².